The number of hydrogen-bond acceptors (Lipinski definition) is 2. The van der Waals surface area contributed by atoms with Gasteiger partial charge in [0.1, 0.15) is 0 Å². The predicted octanol–water partition coefficient (Wildman–Crippen LogP) is 5.21. The van der Waals surface area contributed by atoms with Crippen LogP contribution in [0.15, 0.2) is 89.8 Å². The molecule has 0 aromatic heterocycles. The molecule has 24 heavy (non-hydrogen) atoms. The maximum absolute atomic E-state index is 10.5. The Kier molecular flexibility index (Phi) is 8.10. The zero-order valence-electron chi connectivity index (χ0n) is 13.2. The van der Waals surface area contributed by atoms with Crippen LogP contribution in [0, 0.1) is 6.92 Å². The Morgan fingerprint density at radius 1 is 0.667 bits per heavy atom. The summed E-state index contributed by atoms with van der Waals surface area (Å²) >= 11 is 0. The second-order valence-corrected chi connectivity index (χ2v) is 6.44. The van der Waals surface area contributed by atoms with Crippen molar-refractivity contribution in [2.45, 2.75) is 11.8 Å². The fraction of sp³-hybridized carbons (Fsp3) is 0.0526. The van der Waals surface area contributed by atoms with Gasteiger partial charge in [-0.2, -0.15) is 8.42 Å². The van der Waals surface area contributed by atoms with Crippen molar-refractivity contribution in [1.82, 2.24) is 0 Å². The fourth-order valence-corrected chi connectivity index (χ4v) is 2.45. The minimum Gasteiger partial charge on any atom is -0.282 e. The summed E-state index contributed by atoms with van der Waals surface area (Å²) in [5.41, 5.74) is 3.51. The van der Waals surface area contributed by atoms with Crippen LogP contribution in [0.3, 0.4) is 0 Å². The molecule has 0 amide bonds. The summed E-state index contributed by atoms with van der Waals surface area (Å²) in [6.07, 6.45) is 0. The van der Waals surface area contributed by atoms with E-state index in [1.54, 1.807) is 12.1 Å². The summed E-state index contributed by atoms with van der Waals surface area (Å²) in [5.74, 6) is 0. The maximum Gasteiger partial charge on any atom is 0.294 e. The topological polar surface area (TPSA) is 54.4 Å². The normalized spacial score (nSPS) is 10.1. The van der Waals surface area contributed by atoms with E-state index in [0.717, 1.165) is 5.56 Å². The predicted molar refractivity (Wildman–Crippen MR) is 108 cm³/mol. The largest absolute Gasteiger partial charge is 0.294 e. The molecular formula is C19H19IO3S. The minimum absolute atomic E-state index is 0. The lowest BCUT2D eigenvalue weighted by atomic mass is 10.1. The third kappa shape index (κ3) is 6.43. The van der Waals surface area contributed by atoms with E-state index in [4.69, 9.17) is 4.55 Å². The summed E-state index contributed by atoms with van der Waals surface area (Å²) in [6, 6.07) is 26.8. The van der Waals surface area contributed by atoms with Crippen molar-refractivity contribution >= 4 is 34.1 Å². The summed E-state index contributed by atoms with van der Waals surface area (Å²) in [5, 5.41) is 0. The molecule has 0 fully saturated rings. The van der Waals surface area contributed by atoms with E-state index < -0.39 is 10.1 Å². The molecule has 0 saturated carbocycles. The van der Waals surface area contributed by atoms with Gasteiger partial charge >= 0.3 is 0 Å². The molecule has 0 spiro atoms. The fourth-order valence-electron chi connectivity index (χ4n) is 1.97. The van der Waals surface area contributed by atoms with Crippen LogP contribution < -0.4 is 0 Å². The number of hydrogen-bond donors (Lipinski definition) is 1. The first-order valence-corrected chi connectivity index (χ1v) is 8.55. The maximum atomic E-state index is 10.5. The highest BCUT2D eigenvalue weighted by molar-refractivity contribution is 14.0. The van der Waals surface area contributed by atoms with Gasteiger partial charge in [-0.05, 0) is 30.2 Å². The Hall–Kier alpha value is -1.70. The van der Waals surface area contributed by atoms with Gasteiger partial charge in [0.05, 0.1) is 4.90 Å². The molecule has 3 nitrogen and oxygen atoms in total. The molecule has 0 unspecified atom stereocenters. The van der Waals surface area contributed by atoms with E-state index in [-0.39, 0.29) is 28.9 Å². The molecule has 0 aliphatic carbocycles. The monoisotopic (exact) mass is 454 g/mol. The summed E-state index contributed by atoms with van der Waals surface area (Å²) < 4.78 is 29.6. The van der Waals surface area contributed by atoms with Crippen LogP contribution in [0.25, 0.3) is 11.1 Å². The molecule has 5 heteroatoms. The van der Waals surface area contributed by atoms with Gasteiger partial charge < -0.3 is 0 Å². The molecule has 0 aliphatic rings. The Balaban J connectivity index is 0.000000232. The lowest BCUT2D eigenvalue weighted by molar-refractivity contribution is 0.483. The lowest BCUT2D eigenvalue weighted by Crippen LogP contribution is -1.96. The van der Waals surface area contributed by atoms with E-state index >= 15 is 0 Å². The SMILES string of the molecule is Cc1ccc(S(=O)(=O)O)cc1.I.c1ccc(-c2ccccc2)cc1. The number of halogens is 1. The molecule has 0 bridgehead atoms. The summed E-state index contributed by atoms with van der Waals surface area (Å²) in [7, 11) is -4.02. The van der Waals surface area contributed by atoms with Gasteiger partial charge in [-0.3, -0.25) is 4.55 Å². The number of benzene rings is 3. The van der Waals surface area contributed by atoms with Crippen molar-refractivity contribution < 1.29 is 13.0 Å². The Labute approximate surface area is 160 Å². The third-order valence-electron chi connectivity index (χ3n) is 3.20. The van der Waals surface area contributed by atoms with Crippen molar-refractivity contribution in [1.29, 1.82) is 0 Å². The van der Waals surface area contributed by atoms with Crippen molar-refractivity contribution in [3.63, 3.8) is 0 Å². The van der Waals surface area contributed by atoms with Crippen LogP contribution in [0.1, 0.15) is 5.56 Å². The average molecular weight is 454 g/mol. The zero-order chi connectivity index (χ0) is 16.7. The van der Waals surface area contributed by atoms with Crippen LogP contribution in [0.2, 0.25) is 0 Å². The third-order valence-corrected chi connectivity index (χ3v) is 4.07. The van der Waals surface area contributed by atoms with E-state index in [1.807, 2.05) is 19.1 Å². The molecule has 0 saturated heterocycles. The molecule has 3 aromatic rings. The summed E-state index contributed by atoms with van der Waals surface area (Å²) in [6.45, 7) is 1.84. The van der Waals surface area contributed by atoms with Gasteiger partial charge in [0.2, 0.25) is 0 Å². The van der Waals surface area contributed by atoms with Crippen LogP contribution in [0.5, 0.6) is 0 Å². The van der Waals surface area contributed by atoms with Gasteiger partial charge in [0.25, 0.3) is 10.1 Å². The Morgan fingerprint density at radius 2 is 1.04 bits per heavy atom. The van der Waals surface area contributed by atoms with Crippen molar-refractivity contribution in [3.05, 3.63) is 90.5 Å². The smallest absolute Gasteiger partial charge is 0.282 e. The number of aryl methyl sites for hydroxylation is 1. The minimum atomic E-state index is -4.02. The van der Waals surface area contributed by atoms with Gasteiger partial charge in [0, 0.05) is 0 Å². The Bertz CT molecular complexity index is 793. The van der Waals surface area contributed by atoms with Gasteiger partial charge in [-0.1, -0.05) is 78.4 Å². The highest BCUT2D eigenvalue weighted by Crippen LogP contribution is 2.17. The second-order valence-electron chi connectivity index (χ2n) is 5.02. The van der Waals surface area contributed by atoms with Gasteiger partial charge in [0.15, 0.2) is 0 Å². The van der Waals surface area contributed by atoms with Gasteiger partial charge in [-0.25, -0.2) is 0 Å². The van der Waals surface area contributed by atoms with E-state index in [1.165, 1.54) is 23.3 Å². The molecule has 126 valence electrons. The van der Waals surface area contributed by atoms with E-state index in [0.29, 0.717) is 0 Å². The van der Waals surface area contributed by atoms with Crippen LogP contribution in [-0.4, -0.2) is 13.0 Å². The zero-order valence-corrected chi connectivity index (χ0v) is 16.3. The molecule has 0 heterocycles. The van der Waals surface area contributed by atoms with Crippen LogP contribution in [0.4, 0.5) is 0 Å². The first-order chi connectivity index (χ1) is 11.0. The second kappa shape index (κ2) is 9.56. The molecular weight excluding hydrogens is 435 g/mol. The summed E-state index contributed by atoms with van der Waals surface area (Å²) in [4.78, 5) is -0.0666. The van der Waals surface area contributed by atoms with Crippen LogP contribution >= 0.6 is 24.0 Å². The van der Waals surface area contributed by atoms with E-state index in [2.05, 4.69) is 48.5 Å². The van der Waals surface area contributed by atoms with Crippen molar-refractivity contribution in [2.24, 2.45) is 0 Å². The Morgan fingerprint density at radius 3 is 1.38 bits per heavy atom. The molecule has 0 aliphatic heterocycles. The molecule has 3 aromatic carbocycles. The lowest BCUT2D eigenvalue weighted by Gasteiger charge is -1.98. The average Bonchev–Trinajstić information content (AvgIpc) is 2.57. The van der Waals surface area contributed by atoms with Gasteiger partial charge in [-0.15, -0.1) is 24.0 Å². The molecule has 0 radical (unpaired) electrons. The highest BCUT2D eigenvalue weighted by Gasteiger charge is 2.06. The first-order valence-electron chi connectivity index (χ1n) is 7.11. The number of rotatable bonds is 2. The van der Waals surface area contributed by atoms with Crippen LogP contribution in [-0.2, 0) is 10.1 Å². The quantitative estimate of drug-likeness (QED) is 0.427. The standard InChI is InChI=1S/C12H10.C7H8O3S.HI/c1-3-7-11(8-4-1)12-9-5-2-6-10-12;1-6-2-4-7(5-3-6)11(8,9)10;/h1-10H;2-5H,1H3,(H,8,9,10);1H. The molecule has 1 N–H and O–H groups in total. The van der Waals surface area contributed by atoms with Crippen molar-refractivity contribution in [2.75, 3.05) is 0 Å². The molecule has 0 atom stereocenters. The highest BCUT2D eigenvalue weighted by atomic mass is 127. The van der Waals surface area contributed by atoms with E-state index in [9.17, 15) is 8.42 Å². The molecule has 3 rings (SSSR count). The van der Waals surface area contributed by atoms with Crippen molar-refractivity contribution in [3.8, 4) is 11.1 Å². The first kappa shape index (κ1) is 20.3.